The van der Waals surface area contributed by atoms with E-state index in [9.17, 15) is 4.79 Å². The summed E-state index contributed by atoms with van der Waals surface area (Å²) in [4.78, 5) is 11.2. The lowest BCUT2D eigenvalue weighted by atomic mass is 9.79. The Morgan fingerprint density at radius 1 is 0.773 bits per heavy atom. The topological polar surface area (TPSA) is 43.1 Å². The van der Waals surface area contributed by atoms with Crippen molar-refractivity contribution in [2.24, 2.45) is 23.5 Å². The van der Waals surface area contributed by atoms with Gasteiger partial charge in [0.2, 0.25) is 5.91 Å². The van der Waals surface area contributed by atoms with Crippen LogP contribution < -0.4 is 5.73 Å². The van der Waals surface area contributed by atoms with Crippen molar-refractivity contribution in [3.05, 3.63) is 0 Å². The average molecular weight is 312 g/mol. The molecule has 2 nitrogen and oxygen atoms in total. The molecule has 22 heavy (non-hydrogen) atoms. The summed E-state index contributed by atoms with van der Waals surface area (Å²) in [6.07, 6.45) is 14.7. The summed E-state index contributed by atoms with van der Waals surface area (Å²) in [5.74, 6) is 2.23. The van der Waals surface area contributed by atoms with E-state index in [0.29, 0.717) is 12.3 Å². The zero-order chi connectivity index (χ0) is 16.8. The fourth-order valence-corrected chi connectivity index (χ4v) is 3.58. The van der Waals surface area contributed by atoms with E-state index < -0.39 is 0 Å². The van der Waals surface area contributed by atoms with Gasteiger partial charge in [-0.05, 0) is 37.0 Å². The maximum Gasteiger partial charge on any atom is 0.217 e. The maximum atomic E-state index is 11.2. The van der Waals surface area contributed by atoms with E-state index in [1.54, 1.807) is 0 Å². The summed E-state index contributed by atoms with van der Waals surface area (Å²) in [6.45, 7) is 9.18. The van der Waals surface area contributed by atoms with Crippen LogP contribution in [0.15, 0.2) is 0 Å². The van der Waals surface area contributed by atoms with Gasteiger partial charge in [-0.3, -0.25) is 4.79 Å². The van der Waals surface area contributed by atoms with Crippen molar-refractivity contribution in [3.8, 4) is 0 Å². The molecule has 0 aromatic carbocycles. The van der Waals surface area contributed by atoms with Crippen molar-refractivity contribution in [1.29, 1.82) is 0 Å². The van der Waals surface area contributed by atoms with Gasteiger partial charge in [-0.25, -0.2) is 0 Å². The number of nitrogens with two attached hydrogens (primary N) is 1. The molecular formula is C20H41NO. The summed E-state index contributed by atoms with van der Waals surface area (Å²) in [6, 6.07) is 0. The van der Waals surface area contributed by atoms with Crippen LogP contribution in [0, 0.1) is 17.8 Å². The van der Waals surface area contributed by atoms with Crippen LogP contribution in [0.4, 0.5) is 0 Å². The van der Waals surface area contributed by atoms with Crippen LogP contribution in [0.1, 0.15) is 105 Å². The van der Waals surface area contributed by atoms with Gasteiger partial charge in [-0.15, -0.1) is 0 Å². The van der Waals surface area contributed by atoms with Crippen molar-refractivity contribution >= 4 is 5.91 Å². The number of carbonyl (C=O) groups excluding carboxylic acids is 1. The van der Waals surface area contributed by atoms with Crippen LogP contribution >= 0.6 is 0 Å². The first-order valence-electron chi connectivity index (χ1n) is 9.85. The predicted octanol–water partition coefficient (Wildman–Crippen LogP) is 6.08. The first-order valence-corrected chi connectivity index (χ1v) is 9.85. The van der Waals surface area contributed by atoms with E-state index in [1.165, 1.54) is 64.2 Å². The standard InChI is InChI=1S/C20H41NO/c1-5-9-11-17(7-3)15-19(13-14-20(21)22)16-18(8-4)12-10-6-2/h17-19H,5-16H2,1-4H3,(H2,21,22). The molecule has 0 aromatic rings. The summed E-state index contributed by atoms with van der Waals surface area (Å²) in [5, 5.41) is 0. The highest BCUT2D eigenvalue weighted by Crippen LogP contribution is 2.31. The Morgan fingerprint density at radius 2 is 1.23 bits per heavy atom. The van der Waals surface area contributed by atoms with Gasteiger partial charge in [0.25, 0.3) is 0 Å². The summed E-state index contributed by atoms with van der Waals surface area (Å²) >= 11 is 0. The van der Waals surface area contributed by atoms with Crippen molar-refractivity contribution < 1.29 is 4.79 Å². The molecule has 2 N–H and O–H groups in total. The third-order valence-corrected chi connectivity index (χ3v) is 5.22. The molecule has 0 spiro atoms. The van der Waals surface area contributed by atoms with E-state index in [-0.39, 0.29) is 5.91 Å². The van der Waals surface area contributed by atoms with Gasteiger partial charge in [0.15, 0.2) is 0 Å². The molecule has 0 saturated carbocycles. The normalized spacial score (nSPS) is 15.5. The molecule has 0 heterocycles. The largest absolute Gasteiger partial charge is 0.370 e. The van der Waals surface area contributed by atoms with Crippen molar-refractivity contribution in [3.63, 3.8) is 0 Å². The summed E-state index contributed by atoms with van der Waals surface area (Å²) in [5.41, 5.74) is 5.39. The Kier molecular flexibility index (Phi) is 13.7. The minimum atomic E-state index is -0.131. The van der Waals surface area contributed by atoms with E-state index in [2.05, 4.69) is 27.7 Å². The van der Waals surface area contributed by atoms with Crippen LogP contribution in [0.5, 0.6) is 0 Å². The monoisotopic (exact) mass is 311 g/mol. The Labute approximate surface area is 139 Å². The molecular weight excluding hydrogens is 270 g/mol. The lowest BCUT2D eigenvalue weighted by Gasteiger charge is -2.26. The van der Waals surface area contributed by atoms with Crippen molar-refractivity contribution in [1.82, 2.24) is 0 Å². The van der Waals surface area contributed by atoms with Crippen LogP contribution in [-0.2, 0) is 4.79 Å². The van der Waals surface area contributed by atoms with Crippen LogP contribution in [0.2, 0.25) is 0 Å². The molecule has 0 aliphatic heterocycles. The lowest BCUT2D eigenvalue weighted by Crippen LogP contribution is -2.17. The molecule has 2 heteroatoms. The fourth-order valence-electron chi connectivity index (χ4n) is 3.58. The number of rotatable bonds is 15. The number of unbranched alkanes of at least 4 members (excludes halogenated alkanes) is 2. The lowest BCUT2D eigenvalue weighted by molar-refractivity contribution is -0.118. The minimum absolute atomic E-state index is 0.131. The molecule has 0 aromatic heterocycles. The number of carbonyl (C=O) groups is 1. The molecule has 1 amide bonds. The fraction of sp³-hybridized carbons (Fsp3) is 0.950. The van der Waals surface area contributed by atoms with Crippen molar-refractivity contribution in [2.45, 2.75) is 105 Å². The van der Waals surface area contributed by atoms with E-state index in [0.717, 1.165) is 18.3 Å². The molecule has 0 aliphatic rings. The Morgan fingerprint density at radius 3 is 1.55 bits per heavy atom. The molecule has 0 bridgehead atoms. The van der Waals surface area contributed by atoms with Gasteiger partial charge in [-0.2, -0.15) is 0 Å². The molecule has 2 atom stereocenters. The number of primary amides is 1. The smallest absolute Gasteiger partial charge is 0.217 e. The molecule has 2 unspecified atom stereocenters. The van der Waals surface area contributed by atoms with Crippen LogP contribution in [0.25, 0.3) is 0 Å². The summed E-state index contributed by atoms with van der Waals surface area (Å²) < 4.78 is 0. The zero-order valence-electron chi connectivity index (χ0n) is 15.7. The maximum absolute atomic E-state index is 11.2. The molecule has 132 valence electrons. The minimum Gasteiger partial charge on any atom is -0.370 e. The third kappa shape index (κ3) is 11.1. The molecule has 0 radical (unpaired) electrons. The van der Waals surface area contributed by atoms with E-state index >= 15 is 0 Å². The molecule has 0 rings (SSSR count). The second kappa shape index (κ2) is 14.1. The second-order valence-electron chi connectivity index (χ2n) is 7.18. The van der Waals surface area contributed by atoms with E-state index in [4.69, 9.17) is 5.73 Å². The number of hydrogen-bond acceptors (Lipinski definition) is 1. The van der Waals surface area contributed by atoms with Gasteiger partial charge in [0.05, 0.1) is 0 Å². The number of hydrogen-bond donors (Lipinski definition) is 1. The molecule has 0 fully saturated rings. The SMILES string of the molecule is CCCCC(CC)CC(CCC(N)=O)CC(CC)CCCC. The first-order chi connectivity index (χ1) is 10.6. The highest BCUT2D eigenvalue weighted by Gasteiger charge is 2.19. The van der Waals surface area contributed by atoms with Crippen LogP contribution in [0.3, 0.4) is 0 Å². The van der Waals surface area contributed by atoms with Gasteiger partial charge in [-0.1, -0.05) is 79.1 Å². The highest BCUT2D eigenvalue weighted by atomic mass is 16.1. The Balaban J connectivity index is 4.52. The van der Waals surface area contributed by atoms with Gasteiger partial charge in [0, 0.05) is 6.42 Å². The second-order valence-corrected chi connectivity index (χ2v) is 7.18. The quantitative estimate of drug-likeness (QED) is 0.391. The Hall–Kier alpha value is -0.530. The molecule has 0 aliphatic carbocycles. The van der Waals surface area contributed by atoms with Gasteiger partial charge < -0.3 is 5.73 Å². The molecule has 0 saturated heterocycles. The first kappa shape index (κ1) is 21.5. The zero-order valence-corrected chi connectivity index (χ0v) is 15.7. The third-order valence-electron chi connectivity index (χ3n) is 5.22. The predicted molar refractivity (Wildman–Crippen MR) is 97.8 cm³/mol. The highest BCUT2D eigenvalue weighted by molar-refractivity contribution is 5.73. The number of amides is 1. The van der Waals surface area contributed by atoms with E-state index in [1.807, 2.05) is 0 Å². The summed E-state index contributed by atoms with van der Waals surface area (Å²) in [7, 11) is 0. The van der Waals surface area contributed by atoms with Crippen molar-refractivity contribution in [2.75, 3.05) is 0 Å². The van der Waals surface area contributed by atoms with Gasteiger partial charge in [0.1, 0.15) is 0 Å². The Bertz CT molecular complexity index is 246. The van der Waals surface area contributed by atoms with Crippen LogP contribution in [-0.4, -0.2) is 5.91 Å². The average Bonchev–Trinajstić information content (AvgIpc) is 2.52. The van der Waals surface area contributed by atoms with Gasteiger partial charge >= 0.3 is 0 Å².